The lowest BCUT2D eigenvalue weighted by Gasteiger charge is -2.08. The number of rotatable bonds is 5. The molecule has 0 saturated heterocycles. The number of carbonyl (C=O) groups is 1. The lowest BCUT2D eigenvalue weighted by atomic mass is 10.2. The molecule has 0 amide bonds. The lowest BCUT2D eigenvalue weighted by molar-refractivity contribution is 0.0689. The maximum absolute atomic E-state index is 11.1. The second-order valence-corrected chi connectivity index (χ2v) is 4.70. The molecule has 82 valence electrons. The normalized spacial score (nSPS) is 10.3. The molecular formula is C10H12O3S2. The number of aliphatic hydroxyl groups is 1. The van der Waals surface area contributed by atoms with Crippen LogP contribution in [0.3, 0.4) is 0 Å². The topological polar surface area (TPSA) is 57.5 Å². The number of aliphatic hydroxyl groups excluding tert-OH is 1. The Kier molecular flexibility index (Phi) is 5.01. The molecule has 0 fully saturated rings. The van der Waals surface area contributed by atoms with Crippen LogP contribution in [0.5, 0.6) is 0 Å². The van der Waals surface area contributed by atoms with Crippen LogP contribution in [0.2, 0.25) is 0 Å². The second kappa shape index (κ2) is 6.05. The Bertz CT molecular complexity index is 353. The van der Waals surface area contributed by atoms with Crippen molar-refractivity contribution in [1.29, 1.82) is 0 Å². The fraction of sp³-hybridized carbons (Fsp3) is 0.300. The van der Waals surface area contributed by atoms with Gasteiger partial charge in [-0.1, -0.05) is 6.07 Å². The summed E-state index contributed by atoms with van der Waals surface area (Å²) in [7, 11) is 0. The summed E-state index contributed by atoms with van der Waals surface area (Å²) in [6, 6.07) is 5.39. The van der Waals surface area contributed by atoms with Crippen LogP contribution in [0, 0.1) is 0 Å². The molecule has 1 aromatic rings. The Balaban J connectivity index is 3.07. The number of aromatic carboxylic acids is 1. The molecule has 15 heavy (non-hydrogen) atoms. The van der Waals surface area contributed by atoms with Crippen molar-refractivity contribution in [2.24, 2.45) is 0 Å². The minimum Gasteiger partial charge on any atom is -0.478 e. The minimum absolute atomic E-state index is 0.0488. The highest BCUT2D eigenvalue weighted by Gasteiger charge is 2.14. The summed E-state index contributed by atoms with van der Waals surface area (Å²) in [5, 5.41) is 17.8. The van der Waals surface area contributed by atoms with E-state index in [1.807, 2.05) is 12.3 Å². The van der Waals surface area contributed by atoms with Crippen LogP contribution in [-0.4, -0.2) is 34.8 Å². The van der Waals surface area contributed by atoms with Crippen LogP contribution in [0.25, 0.3) is 0 Å². The van der Waals surface area contributed by atoms with E-state index in [0.29, 0.717) is 16.2 Å². The highest BCUT2D eigenvalue weighted by atomic mass is 32.2. The molecule has 0 spiro atoms. The van der Waals surface area contributed by atoms with Gasteiger partial charge in [-0.3, -0.25) is 0 Å². The van der Waals surface area contributed by atoms with E-state index < -0.39 is 5.97 Å². The maximum atomic E-state index is 11.1. The fourth-order valence-electron chi connectivity index (χ4n) is 1.17. The third-order valence-electron chi connectivity index (χ3n) is 1.77. The monoisotopic (exact) mass is 244 g/mol. The molecule has 0 radical (unpaired) electrons. The van der Waals surface area contributed by atoms with Gasteiger partial charge in [0.1, 0.15) is 0 Å². The molecule has 0 aliphatic rings. The van der Waals surface area contributed by atoms with E-state index in [-0.39, 0.29) is 6.61 Å². The third kappa shape index (κ3) is 3.15. The summed E-state index contributed by atoms with van der Waals surface area (Å²) in [5.41, 5.74) is 0.337. The van der Waals surface area contributed by atoms with E-state index in [9.17, 15) is 4.79 Å². The van der Waals surface area contributed by atoms with Crippen molar-refractivity contribution in [3.63, 3.8) is 0 Å². The number of benzene rings is 1. The van der Waals surface area contributed by atoms with Gasteiger partial charge < -0.3 is 10.2 Å². The van der Waals surface area contributed by atoms with Crippen molar-refractivity contribution < 1.29 is 15.0 Å². The van der Waals surface area contributed by atoms with Gasteiger partial charge in [0.05, 0.1) is 12.2 Å². The molecule has 0 unspecified atom stereocenters. The van der Waals surface area contributed by atoms with Gasteiger partial charge >= 0.3 is 5.97 Å². The second-order valence-electron chi connectivity index (χ2n) is 2.71. The Morgan fingerprint density at radius 3 is 2.60 bits per heavy atom. The molecule has 0 aliphatic heterocycles. The SMILES string of the molecule is CSc1cccc(SCCO)c1C(=O)O. The van der Waals surface area contributed by atoms with Gasteiger partial charge in [-0.25, -0.2) is 4.79 Å². The quantitative estimate of drug-likeness (QED) is 0.778. The first-order chi connectivity index (χ1) is 7.20. The summed E-state index contributed by atoms with van der Waals surface area (Å²) in [5.74, 6) is -0.404. The first-order valence-corrected chi connectivity index (χ1v) is 6.55. The molecule has 0 aliphatic carbocycles. The zero-order chi connectivity index (χ0) is 11.3. The Hall–Kier alpha value is -0.650. The summed E-state index contributed by atoms with van der Waals surface area (Å²) in [6.45, 7) is 0.0488. The summed E-state index contributed by atoms with van der Waals surface area (Å²) in [4.78, 5) is 12.5. The van der Waals surface area contributed by atoms with Gasteiger partial charge in [0.15, 0.2) is 0 Å². The highest BCUT2D eigenvalue weighted by Crippen LogP contribution is 2.30. The predicted molar refractivity (Wildman–Crippen MR) is 63.0 cm³/mol. The van der Waals surface area contributed by atoms with Crippen LogP contribution in [0.15, 0.2) is 28.0 Å². The summed E-state index contributed by atoms with van der Waals surface area (Å²) in [6.07, 6.45) is 1.85. The molecule has 5 heteroatoms. The number of hydrogen-bond acceptors (Lipinski definition) is 4. The molecule has 2 N–H and O–H groups in total. The van der Waals surface area contributed by atoms with Crippen LogP contribution in [0.4, 0.5) is 0 Å². The van der Waals surface area contributed by atoms with Gasteiger partial charge in [0.2, 0.25) is 0 Å². The number of carboxylic acids is 1. The smallest absolute Gasteiger partial charge is 0.337 e. The molecule has 1 aromatic carbocycles. The number of hydrogen-bond donors (Lipinski definition) is 2. The van der Waals surface area contributed by atoms with Crippen molar-refractivity contribution in [1.82, 2.24) is 0 Å². The van der Waals surface area contributed by atoms with E-state index in [1.54, 1.807) is 12.1 Å². The van der Waals surface area contributed by atoms with Crippen molar-refractivity contribution >= 4 is 29.5 Å². The van der Waals surface area contributed by atoms with Gasteiger partial charge in [0, 0.05) is 15.5 Å². The third-order valence-corrected chi connectivity index (χ3v) is 3.59. The average Bonchev–Trinajstić information content (AvgIpc) is 2.25. The van der Waals surface area contributed by atoms with E-state index in [0.717, 1.165) is 4.90 Å². The molecule has 3 nitrogen and oxygen atoms in total. The van der Waals surface area contributed by atoms with Gasteiger partial charge in [0.25, 0.3) is 0 Å². The molecule has 0 bridgehead atoms. The predicted octanol–water partition coefficient (Wildman–Crippen LogP) is 2.19. The lowest BCUT2D eigenvalue weighted by Crippen LogP contribution is -2.02. The van der Waals surface area contributed by atoms with E-state index in [2.05, 4.69) is 0 Å². The molecule has 0 saturated carbocycles. The highest BCUT2D eigenvalue weighted by molar-refractivity contribution is 8.00. The standard InChI is InChI=1S/C10H12O3S2/c1-14-7-3-2-4-8(15-6-5-11)9(7)10(12)13/h2-4,11H,5-6H2,1H3,(H,12,13). The summed E-state index contributed by atoms with van der Waals surface area (Å²) < 4.78 is 0. The van der Waals surface area contributed by atoms with Gasteiger partial charge in [-0.15, -0.1) is 23.5 Å². The zero-order valence-corrected chi connectivity index (χ0v) is 9.90. The largest absolute Gasteiger partial charge is 0.478 e. The van der Waals surface area contributed by atoms with Crippen molar-refractivity contribution in [3.05, 3.63) is 23.8 Å². The Morgan fingerprint density at radius 2 is 2.07 bits per heavy atom. The van der Waals surface area contributed by atoms with E-state index in [4.69, 9.17) is 10.2 Å². The first-order valence-electron chi connectivity index (χ1n) is 4.34. The first kappa shape index (κ1) is 12.4. The maximum Gasteiger partial charge on any atom is 0.337 e. The fourth-order valence-corrected chi connectivity index (χ4v) is 2.68. The molecule has 0 heterocycles. The van der Waals surface area contributed by atoms with Crippen molar-refractivity contribution in [3.8, 4) is 0 Å². The Labute approximate surface area is 96.9 Å². The molecule has 0 atom stereocenters. The van der Waals surface area contributed by atoms with Crippen LogP contribution >= 0.6 is 23.5 Å². The Morgan fingerprint density at radius 1 is 1.40 bits per heavy atom. The average molecular weight is 244 g/mol. The van der Waals surface area contributed by atoms with Crippen LogP contribution in [0.1, 0.15) is 10.4 Å². The van der Waals surface area contributed by atoms with Gasteiger partial charge in [-0.2, -0.15) is 0 Å². The van der Waals surface area contributed by atoms with E-state index >= 15 is 0 Å². The molecule has 1 rings (SSSR count). The zero-order valence-electron chi connectivity index (χ0n) is 8.27. The number of thioether (sulfide) groups is 2. The summed E-state index contributed by atoms with van der Waals surface area (Å²) >= 11 is 2.78. The molecular weight excluding hydrogens is 232 g/mol. The molecule has 0 aromatic heterocycles. The van der Waals surface area contributed by atoms with Crippen molar-refractivity contribution in [2.45, 2.75) is 9.79 Å². The number of carboxylic acid groups (broad SMARTS) is 1. The minimum atomic E-state index is -0.916. The van der Waals surface area contributed by atoms with Gasteiger partial charge in [-0.05, 0) is 18.4 Å². The van der Waals surface area contributed by atoms with Crippen LogP contribution in [-0.2, 0) is 0 Å². The van der Waals surface area contributed by atoms with Crippen LogP contribution < -0.4 is 0 Å². The van der Waals surface area contributed by atoms with E-state index in [1.165, 1.54) is 23.5 Å². The van der Waals surface area contributed by atoms with Crippen molar-refractivity contribution in [2.75, 3.05) is 18.6 Å².